The summed E-state index contributed by atoms with van der Waals surface area (Å²) in [4.78, 5) is 20.7. The number of hydrogen-bond acceptors (Lipinski definition) is 8. The Morgan fingerprint density at radius 3 is 3.07 bits per heavy atom. The lowest BCUT2D eigenvalue weighted by Gasteiger charge is -2.07. The minimum absolute atomic E-state index is 0.0728. The quantitative estimate of drug-likeness (QED) is 0.529. The Morgan fingerprint density at radius 2 is 2.22 bits per heavy atom. The Balaban J connectivity index is 1.41. The Kier molecular flexibility index (Phi) is 4.44. The van der Waals surface area contributed by atoms with E-state index in [9.17, 15) is 4.79 Å². The minimum Gasteiger partial charge on any atom is -0.482 e. The first kappa shape index (κ1) is 16.6. The van der Waals surface area contributed by atoms with Gasteiger partial charge in [-0.3, -0.25) is 9.78 Å². The third-order valence-corrected chi connectivity index (χ3v) is 3.83. The number of aromatic amines is 1. The maximum absolute atomic E-state index is 12.2. The number of tetrazole rings is 1. The number of oxazole rings is 1. The predicted octanol–water partition coefficient (Wildman–Crippen LogP) is 1.81. The predicted molar refractivity (Wildman–Crippen MR) is 92.6 cm³/mol. The highest BCUT2D eigenvalue weighted by Crippen LogP contribution is 2.23. The number of pyridine rings is 1. The third kappa shape index (κ3) is 3.59. The van der Waals surface area contributed by atoms with Gasteiger partial charge in [-0.1, -0.05) is 23.4 Å². The van der Waals surface area contributed by atoms with Crippen LogP contribution in [0.15, 0.2) is 47.2 Å². The normalized spacial score (nSPS) is 12.0. The number of H-pyrrole nitrogens is 1. The number of nitrogens with one attached hydrogen (secondary N) is 2. The lowest BCUT2D eigenvalue weighted by Crippen LogP contribution is -2.27. The van der Waals surface area contributed by atoms with Crippen LogP contribution in [-0.2, 0) is 6.61 Å². The molecule has 0 saturated heterocycles. The highest BCUT2D eigenvalue weighted by Gasteiger charge is 2.18. The average molecular weight is 365 g/mol. The van der Waals surface area contributed by atoms with Crippen LogP contribution in [0.1, 0.15) is 35.2 Å². The largest absolute Gasteiger partial charge is 0.482 e. The van der Waals surface area contributed by atoms with Crippen LogP contribution < -0.4 is 10.1 Å². The lowest BCUT2D eigenvalue weighted by atomic mass is 10.2. The molecule has 3 heterocycles. The molecule has 1 atom stereocenters. The van der Waals surface area contributed by atoms with Crippen LogP contribution in [-0.4, -0.2) is 36.5 Å². The van der Waals surface area contributed by atoms with Gasteiger partial charge in [-0.15, -0.1) is 10.2 Å². The lowest BCUT2D eigenvalue weighted by molar-refractivity contribution is 0.0933. The molecule has 3 aromatic heterocycles. The van der Waals surface area contributed by atoms with Crippen LogP contribution in [0.3, 0.4) is 0 Å². The molecule has 0 unspecified atom stereocenters. The van der Waals surface area contributed by atoms with Crippen molar-refractivity contribution in [3.05, 3.63) is 60.2 Å². The molecular formula is C17H15N7O3. The van der Waals surface area contributed by atoms with Gasteiger partial charge in [0.1, 0.15) is 17.5 Å². The molecule has 4 rings (SSSR count). The van der Waals surface area contributed by atoms with Gasteiger partial charge < -0.3 is 14.5 Å². The number of nitrogens with zero attached hydrogens (tertiary/aromatic N) is 5. The second kappa shape index (κ2) is 7.20. The molecule has 0 aliphatic heterocycles. The molecule has 0 aliphatic rings. The Bertz CT molecular complexity index is 1060. The van der Waals surface area contributed by atoms with E-state index in [0.29, 0.717) is 11.6 Å². The molecule has 0 aliphatic carbocycles. The van der Waals surface area contributed by atoms with E-state index in [4.69, 9.17) is 9.15 Å². The van der Waals surface area contributed by atoms with Crippen molar-refractivity contribution in [2.75, 3.05) is 0 Å². The molecule has 0 radical (unpaired) electrons. The van der Waals surface area contributed by atoms with Gasteiger partial charge in [0.15, 0.2) is 18.1 Å². The zero-order valence-electron chi connectivity index (χ0n) is 14.3. The van der Waals surface area contributed by atoms with Crippen molar-refractivity contribution < 1.29 is 13.9 Å². The SMILES string of the molecule is C[C@H](NC(=O)c1coc(COc2cccc3cccnc23)n1)c1nn[nH]n1. The Morgan fingerprint density at radius 1 is 1.33 bits per heavy atom. The van der Waals surface area contributed by atoms with Gasteiger partial charge in [0.25, 0.3) is 5.91 Å². The molecule has 0 bridgehead atoms. The van der Waals surface area contributed by atoms with E-state index >= 15 is 0 Å². The maximum atomic E-state index is 12.2. The molecule has 1 amide bonds. The number of para-hydroxylation sites is 1. The minimum atomic E-state index is -0.422. The first-order valence-electron chi connectivity index (χ1n) is 8.16. The number of ether oxygens (including phenoxy) is 1. The average Bonchev–Trinajstić information content (AvgIpc) is 3.38. The fraction of sp³-hybridized carbons (Fsp3) is 0.176. The van der Waals surface area contributed by atoms with Crippen LogP contribution >= 0.6 is 0 Å². The van der Waals surface area contributed by atoms with Gasteiger partial charge in [0, 0.05) is 11.6 Å². The summed E-state index contributed by atoms with van der Waals surface area (Å²) in [5.74, 6) is 0.858. The van der Waals surface area contributed by atoms with Crippen molar-refractivity contribution in [1.82, 2.24) is 35.9 Å². The highest BCUT2D eigenvalue weighted by atomic mass is 16.5. The van der Waals surface area contributed by atoms with Crippen molar-refractivity contribution >= 4 is 16.8 Å². The summed E-state index contributed by atoms with van der Waals surface area (Å²) in [6.07, 6.45) is 2.98. The molecule has 2 N–H and O–H groups in total. The van der Waals surface area contributed by atoms with Gasteiger partial charge >= 0.3 is 0 Å². The zero-order valence-corrected chi connectivity index (χ0v) is 14.3. The molecule has 27 heavy (non-hydrogen) atoms. The third-order valence-electron chi connectivity index (χ3n) is 3.83. The number of carbonyl (C=O) groups excluding carboxylic acids is 1. The fourth-order valence-electron chi connectivity index (χ4n) is 2.50. The standard InChI is InChI=1S/C17H15N7O3/c1-10(16-21-23-24-22-16)19-17(25)12-8-27-14(20-12)9-26-13-6-2-4-11-5-3-7-18-15(11)13/h2-8,10H,9H2,1H3,(H,19,25)(H,21,22,23,24)/t10-/m0/s1. The van der Waals surface area contributed by atoms with E-state index < -0.39 is 11.9 Å². The maximum Gasteiger partial charge on any atom is 0.273 e. The van der Waals surface area contributed by atoms with Gasteiger partial charge in [-0.2, -0.15) is 5.21 Å². The summed E-state index contributed by atoms with van der Waals surface area (Å²) >= 11 is 0. The van der Waals surface area contributed by atoms with Gasteiger partial charge in [-0.25, -0.2) is 4.98 Å². The van der Waals surface area contributed by atoms with Crippen molar-refractivity contribution in [2.45, 2.75) is 19.6 Å². The molecule has 10 heteroatoms. The zero-order chi connectivity index (χ0) is 18.6. The summed E-state index contributed by atoms with van der Waals surface area (Å²) < 4.78 is 11.1. The summed E-state index contributed by atoms with van der Waals surface area (Å²) in [5.41, 5.74) is 0.887. The number of carbonyl (C=O) groups is 1. The monoisotopic (exact) mass is 365 g/mol. The molecule has 1 aromatic carbocycles. The van der Waals surface area contributed by atoms with E-state index in [2.05, 4.69) is 35.9 Å². The first-order valence-corrected chi connectivity index (χ1v) is 8.16. The number of aromatic nitrogens is 6. The van der Waals surface area contributed by atoms with E-state index in [1.54, 1.807) is 13.1 Å². The molecular weight excluding hydrogens is 350 g/mol. The Hall–Kier alpha value is -3.82. The van der Waals surface area contributed by atoms with Gasteiger partial charge in [0.05, 0.1) is 6.04 Å². The van der Waals surface area contributed by atoms with E-state index in [1.807, 2.05) is 30.3 Å². The molecule has 10 nitrogen and oxygen atoms in total. The van der Waals surface area contributed by atoms with E-state index in [0.717, 1.165) is 10.9 Å². The molecule has 0 saturated carbocycles. The summed E-state index contributed by atoms with van der Waals surface area (Å²) in [6, 6.07) is 9.04. The number of rotatable bonds is 6. The molecule has 0 fully saturated rings. The fourth-order valence-corrected chi connectivity index (χ4v) is 2.50. The summed E-state index contributed by atoms with van der Waals surface area (Å²) in [5, 5.41) is 17.1. The van der Waals surface area contributed by atoms with E-state index in [1.165, 1.54) is 6.26 Å². The second-order valence-electron chi connectivity index (χ2n) is 5.71. The number of fused-ring (bicyclic) bond motifs is 1. The van der Waals surface area contributed by atoms with Crippen molar-refractivity contribution in [3.8, 4) is 5.75 Å². The van der Waals surface area contributed by atoms with Gasteiger partial charge in [0.2, 0.25) is 5.89 Å². The number of benzene rings is 1. The molecule has 4 aromatic rings. The molecule has 136 valence electrons. The van der Waals surface area contributed by atoms with Crippen LogP contribution in [0, 0.1) is 0 Å². The van der Waals surface area contributed by atoms with Crippen molar-refractivity contribution in [3.63, 3.8) is 0 Å². The topological polar surface area (TPSA) is 132 Å². The molecule has 0 spiro atoms. The number of hydrogen-bond donors (Lipinski definition) is 2. The first-order chi connectivity index (χ1) is 13.2. The highest BCUT2D eigenvalue weighted by molar-refractivity contribution is 5.92. The van der Waals surface area contributed by atoms with E-state index in [-0.39, 0.29) is 18.2 Å². The second-order valence-corrected chi connectivity index (χ2v) is 5.71. The summed E-state index contributed by atoms with van der Waals surface area (Å²) in [6.45, 7) is 1.81. The van der Waals surface area contributed by atoms with Crippen LogP contribution in [0.2, 0.25) is 0 Å². The number of amides is 1. The van der Waals surface area contributed by atoms with Crippen LogP contribution in [0.25, 0.3) is 10.9 Å². The van der Waals surface area contributed by atoms with Crippen LogP contribution in [0.5, 0.6) is 5.75 Å². The van der Waals surface area contributed by atoms with Crippen molar-refractivity contribution in [1.29, 1.82) is 0 Å². The van der Waals surface area contributed by atoms with Crippen LogP contribution in [0.4, 0.5) is 0 Å². The van der Waals surface area contributed by atoms with Crippen molar-refractivity contribution in [2.24, 2.45) is 0 Å². The Labute approximate surface area is 153 Å². The smallest absolute Gasteiger partial charge is 0.273 e. The summed E-state index contributed by atoms with van der Waals surface area (Å²) in [7, 11) is 0. The van der Waals surface area contributed by atoms with Gasteiger partial charge in [-0.05, 0) is 19.1 Å².